The molecule has 0 unspecified atom stereocenters. The average molecular weight is 894 g/mol. The van der Waals surface area contributed by atoms with Crippen LogP contribution in [0.5, 0.6) is 11.5 Å². The summed E-state index contributed by atoms with van der Waals surface area (Å²) in [5.74, 6) is 3.06. The third-order valence-electron chi connectivity index (χ3n) is 10.3. The van der Waals surface area contributed by atoms with Crippen molar-refractivity contribution in [2.24, 2.45) is 0 Å². The molecule has 0 saturated heterocycles. The van der Waals surface area contributed by atoms with E-state index in [-0.39, 0.29) is 39.2 Å². The Labute approximate surface area is 331 Å². The molecular weight excluding hydrogens is 850 g/mol. The third-order valence-corrected chi connectivity index (χ3v) is 10.3. The number of rotatable bonds is 7. The van der Waals surface area contributed by atoms with Crippen LogP contribution in [-0.4, -0.2) is 37.6 Å². The SMILES string of the molecule is CC(C)c1cccc(C(C)C)c1B1N(C)c2ccc(Oc3[c-]c4c(cc3)n(-c3ccccc3)c(=O)n4-c3cc(C(C)(C)C)ccn3)[c-]c2-c2nccn21.[Pt+2]. The zero-order valence-electron chi connectivity index (χ0n) is 31.9. The second kappa shape index (κ2) is 14.3. The Morgan fingerprint density at radius 1 is 0.778 bits per heavy atom. The van der Waals surface area contributed by atoms with Crippen molar-refractivity contribution in [3.8, 4) is 34.4 Å². The van der Waals surface area contributed by atoms with E-state index < -0.39 is 0 Å². The first-order valence-electron chi connectivity index (χ1n) is 18.3. The first-order valence-corrected chi connectivity index (χ1v) is 18.3. The number of aromatic nitrogens is 5. The molecule has 4 aromatic carbocycles. The first kappa shape index (κ1) is 37.2. The molecule has 1 aliphatic heterocycles. The van der Waals surface area contributed by atoms with Crippen molar-refractivity contribution in [2.45, 2.75) is 65.7 Å². The number of imidazole rings is 2. The Bertz CT molecular complexity index is 2520. The van der Waals surface area contributed by atoms with Crippen molar-refractivity contribution in [1.29, 1.82) is 0 Å². The Morgan fingerprint density at radius 3 is 2.15 bits per heavy atom. The maximum absolute atomic E-state index is 14.3. The summed E-state index contributed by atoms with van der Waals surface area (Å²) in [5.41, 5.74) is 8.61. The van der Waals surface area contributed by atoms with Crippen LogP contribution in [0.25, 0.3) is 33.9 Å². The summed E-state index contributed by atoms with van der Waals surface area (Å²) >= 11 is 0. The Morgan fingerprint density at radius 2 is 1.46 bits per heavy atom. The third kappa shape index (κ3) is 6.32. The van der Waals surface area contributed by atoms with Gasteiger partial charge >= 0.3 is 33.7 Å². The average Bonchev–Trinajstić information content (AvgIpc) is 3.74. The molecule has 1 aliphatic rings. The van der Waals surface area contributed by atoms with Crippen LogP contribution in [0.2, 0.25) is 0 Å². The van der Waals surface area contributed by atoms with E-state index in [1.165, 1.54) is 16.6 Å². The van der Waals surface area contributed by atoms with Crippen LogP contribution in [0.4, 0.5) is 5.69 Å². The Hall–Kier alpha value is -5.14. The minimum atomic E-state index is -0.234. The summed E-state index contributed by atoms with van der Waals surface area (Å²) in [7, 11) is 2.14. The minimum Gasteiger partial charge on any atom is -0.503 e. The number of fused-ring (bicyclic) bond motifs is 4. The van der Waals surface area contributed by atoms with E-state index in [9.17, 15) is 4.79 Å². The van der Waals surface area contributed by atoms with Crippen LogP contribution in [0.1, 0.15) is 77.0 Å². The summed E-state index contributed by atoms with van der Waals surface area (Å²) in [6.07, 6.45) is 5.68. The molecule has 0 aliphatic carbocycles. The van der Waals surface area contributed by atoms with E-state index in [1.807, 2.05) is 66.9 Å². The number of hydrogen-bond acceptors (Lipinski definition) is 5. The van der Waals surface area contributed by atoms with Gasteiger partial charge in [-0.15, -0.1) is 24.3 Å². The summed E-state index contributed by atoms with van der Waals surface area (Å²) in [5, 5.41) is 0. The van der Waals surface area contributed by atoms with Gasteiger partial charge in [0.2, 0.25) is 0 Å². The van der Waals surface area contributed by atoms with Gasteiger partial charge in [0.1, 0.15) is 5.82 Å². The molecule has 0 spiro atoms. The molecule has 8 rings (SSSR count). The maximum atomic E-state index is 14.3. The number of benzene rings is 4. The smallest absolute Gasteiger partial charge is 0.503 e. The van der Waals surface area contributed by atoms with Gasteiger partial charge in [0, 0.05) is 41.6 Å². The fourth-order valence-electron chi connectivity index (χ4n) is 7.58. The molecule has 0 N–H and O–H groups in total. The molecule has 4 heterocycles. The largest absolute Gasteiger partial charge is 2.00 e. The topological polar surface area (TPSA) is 70.1 Å². The predicted octanol–water partition coefficient (Wildman–Crippen LogP) is 8.67. The van der Waals surface area contributed by atoms with Gasteiger partial charge in [0.15, 0.2) is 0 Å². The molecular formula is C44H43BN6O2Pt. The number of para-hydroxylation sites is 1. The quantitative estimate of drug-likeness (QED) is 0.118. The second-order valence-corrected chi connectivity index (χ2v) is 15.5. The van der Waals surface area contributed by atoms with Crippen molar-refractivity contribution in [3.63, 3.8) is 0 Å². The van der Waals surface area contributed by atoms with Crippen molar-refractivity contribution in [3.05, 3.63) is 143 Å². The van der Waals surface area contributed by atoms with Gasteiger partial charge in [-0.05, 0) is 81.8 Å². The van der Waals surface area contributed by atoms with E-state index in [0.717, 1.165) is 28.3 Å². The Kier molecular flexibility index (Phi) is 9.82. The molecule has 10 heteroatoms. The first-order chi connectivity index (χ1) is 25.4. The summed E-state index contributed by atoms with van der Waals surface area (Å²) in [6.45, 7) is 15.4. The zero-order valence-corrected chi connectivity index (χ0v) is 34.1. The van der Waals surface area contributed by atoms with Gasteiger partial charge in [-0.2, -0.15) is 0 Å². The van der Waals surface area contributed by atoms with Gasteiger partial charge in [-0.1, -0.05) is 108 Å². The molecule has 0 amide bonds. The van der Waals surface area contributed by atoms with Crippen molar-refractivity contribution in [1.82, 2.24) is 23.6 Å². The molecule has 7 aromatic rings. The summed E-state index contributed by atoms with van der Waals surface area (Å²) in [6, 6.07) is 35.0. The van der Waals surface area contributed by atoms with Gasteiger partial charge in [0.25, 0.3) is 0 Å². The van der Waals surface area contributed by atoms with Crippen molar-refractivity contribution in [2.75, 3.05) is 11.9 Å². The molecule has 0 radical (unpaired) electrons. The number of ether oxygens (including phenoxy) is 1. The standard InChI is InChI=1S/C44H43BN6O2.Pt/c1-28(2)34-15-12-16-35(29(3)4)41(34)45-48(8)37-19-17-32(26-36(37)42-47-23-24-49(42)45)53-33-18-20-38-39(27-33)51(40-25-30(21-22-46-40)44(5,6)7)43(52)50(38)31-13-10-9-11-14-31;/h9-25,28-29H,1-8H3;/q-2;+2. The van der Waals surface area contributed by atoms with Crippen LogP contribution in [0.3, 0.4) is 0 Å². The molecule has 274 valence electrons. The number of anilines is 1. The normalized spacial score (nSPS) is 12.6. The molecule has 3 aromatic heterocycles. The van der Waals surface area contributed by atoms with Crippen LogP contribution >= 0.6 is 0 Å². The monoisotopic (exact) mass is 893 g/mol. The van der Waals surface area contributed by atoms with Crippen LogP contribution in [0, 0.1) is 12.1 Å². The van der Waals surface area contributed by atoms with Crippen LogP contribution in [0.15, 0.2) is 108 Å². The molecule has 8 nitrogen and oxygen atoms in total. The second-order valence-electron chi connectivity index (χ2n) is 15.5. The maximum Gasteiger partial charge on any atom is 2.00 e. The number of pyridine rings is 1. The van der Waals surface area contributed by atoms with Crippen molar-refractivity contribution >= 4 is 29.2 Å². The molecule has 0 fully saturated rings. The predicted molar refractivity (Wildman–Crippen MR) is 215 cm³/mol. The van der Waals surface area contributed by atoms with Gasteiger partial charge in [0.05, 0.1) is 0 Å². The van der Waals surface area contributed by atoms with Crippen LogP contribution < -0.4 is 20.7 Å². The van der Waals surface area contributed by atoms with Gasteiger partial charge in [-0.25, -0.2) is 9.78 Å². The fraction of sp³-hybridized carbons (Fsp3) is 0.250. The van der Waals surface area contributed by atoms with Gasteiger partial charge in [-0.3, -0.25) is 9.55 Å². The molecule has 0 saturated carbocycles. The van der Waals surface area contributed by atoms with Crippen LogP contribution in [-0.2, 0) is 26.5 Å². The van der Waals surface area contributed by atoms with E-state index in [1.54, 1.807) is 15.3 Å². The van der Waals surface area contributed by atoms with E-state index >= 15 is 0 Å². The summed E-state index contributed by atoms with van der Waals surface area (Å²) < 4.78 is 12.1. The van der Waals surface area contributed by atoms with E-state index in [4.69, 9.17) is 9.72 Å². The minimum absolute atomic E-state index is 0. The molecule has 0 atom stereocenters. The zero-order chi connectivity index (χ0) is 37.2. The molecule has 54 heavy (non-hydrogen) atoms. The summed E-state index contributed by atoms with van der Waals surface area (Å²) in [4.78, 5) is 26.1. The Balaban J connectivity index is 0.00000450. The fourth-order valence-corrected chi connectivity index (χ4v) is 7.58. The van der Waals surface area contributed by atoms with E-state index in [2.05, 4.69) is 112 Å². The van der Waals surface area contributed by atoms with Gasteiger partial charge < -0.3 is 18.6 Å². The number of hydrogen-bond donors (Lipinski definition) is 0. The van der Waals surface area contributed by atoms with Crippen molar-refractivity contribution < 1.29 is 25.8 Å². The number of nitrogens with zero attached hydrogens (tertiary/aromatic N) is 6. The van der Waals surface area contributed by atoms with E-state index in [0.29, 0.717) is 40.2 Å². The molecule has 0 bridgehead atoms.